The molecular weight excluding hydrogens is 510 g/mol. The Kier molecular flexibility index (Phi) is 8.54. The van der Waals surface area contributed by atoms with Gasteiger partial charge in [-0.3, -0.25) is 0 Å². The maximum Gasteiger partial charge on any atom is 0.166 e. The van der Waals surface area contributed by atoms with Gasteiger partial charge in [-0.1, -0.05) is 13.0 Å². The SMILES string of the molecule is COc1cc(COCC(C)c2nc3c(N)ncn(Cc4ccc(OC)c(OC5CCCC5)c4)c-3n2)cc(OC)c1. The number of imidazole rings is 1. The lowest BCUT2D eigenvalue weighted by atomic mass is 10.2. The van der Waals surface area contributed by atoms with Gasteiger partial charge in [-0.05, 0) is 61.1 Å². The monoisotopic (exact) mass is 547 g/mol. The maximum atomic E-state index is 6.29. The Hall–Kier alpha value is -4.05. The summed E-state index contributed by atoms with van der Waals surface area (Å²) >= 11 is 0. The molecule has 2 N–H and O–H groups in total. The zero-order valence-corrected chi connectivity index (χ0v) is 23.6. The van der Waals surface area contributed by atoms with Crippen molar-refractivity contribution < 1.29 is 23.7 Å². The molecule has 10 heteroatoms. The van der Waals surface area contributed by atoms with Gasteiger partial charge < -0.3 is 34.0 Å². The number of nitrogen functional groups attached to an aromatic ring is 1. The van der Waals surface area contributed by atoms with Crippen molar-refractivity contribution in [1.29, 1.82) is 0 Å². The van der Waals surface area contributed by atoms with Crippen molar-refractivity contribution in [2.24, 2.45) is 0 Å². The molecule has 0 aromatic heterocycles. The molecule has 212 valence electrons. The van der Waals surface area contributed by atoms with Gasteiger partial charge in [0.15, 0.2) is 28.8 Å². The number of methoxy groups -OCH3 is 3. The summed E-state index contributed by atoms with van der Waals surface area (Å²) in [6, 6.07) is 11.7. The van der Waals surface area contributed by atoms with Gasteiger partial charge in [0.2, 0.25) is 0 Å². The van der Waals surface area contributed by atoms with Crippen LogP contribution < -0.4 is 24.7 Å². The molecule has 0 bridgehead atoms. The van der Waals surface area contributed by atoms with Crippen LogP contribution in [0.5, 0.6) is 23.0 Å². The molecule has 0 amide bonds. The molecule has 1 saturated carbocycles. The van der Waals surface area contributed by atoms with E-state index in [1.54, 1.807) is 27.7 Å². The first-order chi connectivity index (χ1) is 19.5. The Labute approximate surface area is 234 Å². The van der Waals surface area contributed by atoms with Gasteiger partial charge in [-0.25, -0.2) is 15.0 Å². The summed E-state index contributed by atoms with van der Waals surface area (Å²) in [4.78, 5) is 13.9. The molecule has 40 heavy (non-hydrogen) atoms. The molecule has 1 aliphatic carbocycles. The average Bonchev–Trinajstić information content (AvgIpc) is 3.66. The summed E-state index contributed by atoms with van der Waals surface area (Å²) in [6.45, 7) is 3.41. The minimum absolute atomic E-state index is 0.0554. The Bertz CT molecular complexity index is 1380. The fourth-order valence-corrected chi connectivity index (χ4v) is 4.98. The first-order valence-corrected chi connectivity index (χ1v) is 13.6. The molecule has 2 aliphatic heterocycles. The van der Waals surface area contributed by atoms with Crippen molar-refractivity contribution in [1.82, 2.24) is 19.5 Å². The molecule has 0 spiro atoms. The second-order valence-corrected chi connectivity index (χ2v) is 10.2. The smallest absolute Gasteiger partial charge is 0.166 e. The van der Waals surface area contributed by atoms with Crippen molar-refractivity contribution in [3.63, 3.8) is 0 Å². The van der Waals surface area contributed by atoms with Crippen LogP contribution in [-0.4, -0.2) is 53.6 Å². The third-order valence-electron chi connectivity index (χ3n) is 7.17. The number of benzene rings is 2. The highest BCUT2D eigenvalue weighted by Crippen LogP contribution is 2.34. The number of rotatable bonds is 12. The van der Waals surface area contributed by atoms with E-state index < -0.39 is 0 Å². The van der Waals surface area contributed by atoms with E-state index in [4.69, 9.17) is 39.4 Å². The number of hydrogen-bond donors (Lipinski definition) is 1. The molecule has 1 unspecified atom stereocenters. The van der Waals surface area contributed by atoms with E-state index in [-0.39, 0.29) is 12.0 Å². The topological polar surface area (TPSA) is 116 Å². The van der Waals surface area contributed by atoms with Crippen LogP contribution in [0.2, 0.25) is 0 Å². The van der Waals surface area contributed by atoms with Crippen LogP contribution in [0.25, 0.3) is 11.5 Å². The molecule has 0 saturated heterocycles. The summed E-state index contributed by atoms with van der Waals surface area (Å²) in [6.07, 6.45) is 6.50. The van der Waals surface area contributed by atoms with Crippen molar-refractivity contribution in [3.05, 3.63) is 59.7 Å². The highest BCUT2D eigenvalue weighted by molar-refractivity contribution is 5.65. The highest BCUT2D eigenvalue weighted by atomic mass is 16.5. The zero-order valence-electron chi connectivity index (χ0n) is 23.6. The molecular formula is C30H37N5O5. The number of aromatic nitrogens is 4. The van der Waals surface area contributed by atoms with Gasteiger partial charge in [-0.2, -0.15) is 0 Å². The van der Waals surface area contributed by atoms with Gasteiger partial charge in [0, 0.05) is 12.0 Å². The summed E-state index contributed by atoms with van der Waals surface area (Å²) < 4.78 is 30.5. The van der Waals surface area contributed by atoms with Gasteiger partial charge in [-0.15, -0.1) is 0 Å². The lowest BCUT2D eigenvalue weighted by Gasteiger charge is -2.17. The molecule has 1 atom stereocenters. The Balaban J connectivity index is 1.30. The van der Waals surface area contributed by atoms with E-state index in [1.807, 2.05) is 47.9 Å². The molecule has 2 aromatic carbocycles. The van der Waals surface area contributed by atoms with E-state index in [2.05, 4.69) is 4.98 Å². The molecule has 5 rings (SSSR count). The Morgan fingerprint density at radius 3 is 2.38 bits per heavy atom. The van der Waals surface area contributed by atoms with Crippen molar-refractivity contribution in [3.8, 4) is 34.5 Å². The second kappa shape index (κ2) is 12.4. The van der Waals surface area contributed by atoms with E-state index in [0.717, 1.165) is 47.0 Å². The van der Waals surface area contributed by atoms with E-state index in [0.29, 0.717) is 42.9 Å². The predicted octanol–water partition coefficient (Wildman–Crippen LogP) is 5.08. The van der Waals surface area contributed by atoms with Crippen LogP contribution >= 0.6 is 0 Å². The third kappa shape index (κ3) is 6.22. The Morgan fingerprint density at radius 2 is 1.68 bits per heavy atom. The zero-order chi connectivity index (χ0) is 28.1. The number of nitrogens with zero attached hydrogens (tertiary/aromatic N) is 4. The number of anilines is 1. The van der Waals surface area contributed by atoms with Crippen molar-refractivity contribution >= 4 is 5.82 Å². The molecule has 2 aromatic rings. The summed E-state index contributed by atoms with van der Waals surface area (Å²) in [7, 11) is 4.92. The minimum atomic E-state index is -0.0554. The highest BCUT2D eigenvalue weighted by Gasteiger charge is 2.23. The quantitative estimate of drug-likeness (QED) is 0.259. The van der Waals surface area contributed by atoms with E-state index in [9.17, 15) is 0 Å². The number of ether oxygens (including phenoxy) is 5. The van der Waals surface area contributed by atoms with Gasteiger partial charge in [0.1, 0.15) is 17.3 Å². The van der Waals surface area contributed by atoms with Crippen LogP contribution in [0, 0.1) is 0 Å². The van der Waals surface area contributed by atoms with Gasteiger partial charge >= 0.3 is 0 Å². The van der Waals surface area contributed by atoms with Crippen LogP contribution in [0.1, 0.15) is 55.5 Å². The first-order valence-electron chi connectivity index (χ1n) is 13.6. The average molecular weight is 548 g/mol. The van der Waals surface area contributed by atoms with Crippen LogP contribution in [0.4, 0.5) is 5.82 Å². The van der Waals surface area contributed by atoms with Crippen LogP contribution in [0.3, 0.4) is 0 Å². The largest absolute Gasteiger partial charge is 0.497 e. The van der Waals surface area contributed by atoms with Crippen molar-refractivity contribution in [2.45, 2.75) is 57.8 Å². The summed E-state index contributed by atoms with van der Waals surface area (Å²) in [5, 5.41) is 0. The van der Waals surface area contributed by atoms with Crippen molar-refractivity contribution in [2.75, 3.05) is 33.7 Å². The summed E-state index contributed by atoms with van der Waals surface area (Å²) in [5.74, 6) is 4.57. The first kappa shape index (κ1) is 27.5. The molecule has 2 heterocycles. The van der Waals surface area contributed by atoms with Crippen LogP contribution in [0.15, 0.2) is 42.7 Å². The predicted molar refractivity (Wildman–Crippen MR) is 151 cm³/mol. The maximum absolute atomic E-state index is 6.29. The normalized spacial score (nSPS) is 14.4. The minimum Gasteiger partial charge on any atom is -0.497 e. The van der Waals surface area contributed by atoms with Gasteiger partial charge in [0.05, 0.1) is 53.5 Å². The lowest BCUT2D eigenvalue weighted by molar-refractivity contribution is 0.108. The Morgan fingerprint density at radius 1 is 0.925 bits per heavy atom. The molecule has 10 nitrogen and oxygen atoms in total. The standard InChI is InChI=1S/C30H37N5O5/c1-19(16-39-17-21-11-23(36-2)14-24(12-21)37-3)29-33-27-28(31)32-18-35(30(27)34-29)15-20-9-10-25(38-4)26(13-20)40-22-7-5-6-8-22/h9-14,18-19,22H,5-8,15-17,31H2,1-4H3. The molecule has 1 fully saturated rings. The third-order valence-corrected chi connectivity index (χ3v) is 7.17. The lowest BCUT2D eigenvalue weighted by Crippen LogP contribution is -2.12. The fraction of sp³-hybridized carbons (Fsp3) is 0.433. The summed E-state index contributed by atoms with van der Waals surface area (Å²) in [5.41, 5.74) is 8.78. The molecule has 0 radical (unpaired) electrons. The van der Waals surface area contributed by atoms with E-state index in [1.165, 1.54) is 12.8 Å². The van der Waals surface area contributed by atoms with Gasteiger partial charge in [0.25, 0.3) is 0 Å². The number of hydrogen-bond acceptors (Lipinski definition) is 9. The van der Waals surface area contributed by atoms with E-state index >= 15 is 0 Å². The fourth-order valence-electron chi connectivity index (χ4n) is 4.98. The molecule has 3 aliphatic rings. The number of nitrogens with two attached hydrogens (primary N) is 1. The second-order valence-electron chi connectivity index (χ2n) is 10.2. The number of fused-ring (bicyclic) bond motifs is 1. The van der Waals surface area contributed by atoms with Crippen LogP contribution in [-0.2, 0) is 17.9 Å².